The maximum absolute atomic E-state index is 12.1. The van der Waals surface area contributed by atoms with E-state index in [1.165, 1.54) is 23.9 Å². The number of hydrogen-bond donors (Lipinski definition) is 1. The lowest BCUT2D eigenvalue weighted by Crippen LogP contribution is -2.32. The Morgan fingerprint density at radius 2 is 1.79 bits per heavy atom. The highest BCUT2D eigenvalue weighted by Gasteiger charge is 2.13. The fraction of sp³-hybridized carbons (Fsp3) is 0.278. The molecule has 6 heteroatoms. The molecule has 0 aliphatic rings. The molecule has 1 unspecified atom stereocenters. The Morgan fingerprint density at radius 1 is 1.12 bits per heavy atom. The molecule has 0 aromatic heterocycles. The summed E-state index contributed by atoms with van der Waals surface area (Å²) in [5.74, 6) is 0.104. The lowest BCUT2D eigenvalue weighted by molar-refractivity contribution is -0.120. The van der Waals surface area contributed by atoms with E-state index in [0.717, 1.165) is 10.5 Å². The molecule has 0 aliphatic heterocycles. The number of carbonyl (C=O) groups is 1. The lowest BCUT2D eigenvalue weighted by atomic mass is 10.1. The number of benzene rings is 2. The Morgan fingerprint density at radius 3 is 2.42 bits per heavy atom. The molecule has 0 radical (unpaired) electrons. The number of alkyl halides is 2. The molecule has 0 spiro atoms. The van der Waals surface area contributed by atoms with Crippen LogP contribution in [0.5, 0.6) is 5.75 Å². The van der Waals surface area contributed by atoms with Crippen molar-refractivity contribution in [3.63, 3.8) is 0 Å². The highest BCUT2D eigenvalue weighted by molar-refractivity contribution is 8.00. The number of thioether (sulfide) groups is 1. The number of halogens is 2. The first kappa shape index (κ1) is 18.3. The largest absolute Gasteiger partial charge is 0.435 e. The van der Waals surface area contributed by atoms with E-state index in [9.17, 15) is 13.6 Å². The molecule has 2 aromatic rings. The quantitative estimate of drug-likeness (QED) is 0.727. The Hall–Kier alpha value is -2.08. The summed E-state index contributed by atoms with van der Waals surface area (Å²) in [6.45, 7) is -0.462. The first-order chi connectivity index (χ1) is 11.5. The Bertz CT molecular complexity index is 635. The van der Waals surface area contributed by atoms with Crippen LogP contribution in [0.2, 0.25) is 0 Å². The maximum atomic E-state index is 12.1. The van der Waals surface area contributed by atoms with Crippen LogP contribution in [-0.2, 0) is 11.2 Å². The maximum Gasteiger partial charge on any atom is 0.387 e. The van der Waals surface area contributed by atoms with E-state index in [4.69, 9.17) is 0 Å². The fourth-order valence-corrected chi connectivity index (χ4v) is 2.98. The number of hydrogen-bond acceptors (Lipinski definition) is 3. The van der Waals surface area contributed by atoms with Crippen LogP contribution in [0.1, 0.15) is 12.5 Å². The second-order valence-electron chi connectivity index (χ2n) is 5.14. The molecule has 0 saturated heterocycles. The van der Waals surface area contributed by atoms with E-state index in [2.05, 4.69) is 10.1 Å². The molecular weight excluding hydrogens is 332 g/mol. The monoisotopic (exact) mass is 351 g/mol. The van der Waals surface area contributed by atoms with Crippen LogP contribution >= 0.6 is 11.8 Å². The van der Waals surface area contributed by atoms with E-state index in [-0.39, 0.29) is 16.9 Å². The molecule has 0 saturated carbocycles. The number of ether oxygens (including phenoxy) is 1. The zero-order valence-electron chi connectivity index (χ0n) is 13.2. The highest BCUT2D eigenvalue weighted by atomic mass is 32.2. The Labute approximate surface area is 144 Å². The van der Waals surface area contributed by atoms with E-state index in [0.29, 0.717) is 13.0 Å². The fourth-order valence-electron chi connectivity index (χ4n) is 2.07. The van der Waals surface area contributed by atoms with Gasteiger partial charge in [0, 0.05) is 11.4 Å². The van der Waals surface area contributed by atoms with Crippen molar-refractivity contribution < 1.29 is 18.3 Å². The van der Waals surface area contributed by atoms with Crippen molar-refractivity contribution in [3.05, 3.63) is 60.2 Å². The lowest BCUT2D eigenvalue weighted by Gasteiger charge is -2.12. The van der Waals surface area contributed by atoms with Crippen LogP contribution in [0.4, 0.5) is 8.78 Å². The molecule has 0 fully saturated rings. The summed E-state index contributed by atoms with van der Waals surface area (Å²) < 4.78 is 28.4. The van der Waals surface area contributed by atoms with Gasteiger partial charge in [-0.15, -0.1) is 11.8 Å². The minimum absolute atomic E-state index is 0.0264. The SMILES string of the molecule is CC(Sc1ccccc1)C(=O)NCCc1ccc(OC(F)F)cc1. The molecule has 1 N–H and O–H groups in total. The predicted octanol–water partition coefficient (Wildman–Crippen LogP) is 4.13. The molecule has 3 nitrogen and oxygen atoms in total. The predicted molar refractivity (Wildman–Crippen MR) is 91.5 cm³/mol. The zero-order valence-corrected chi connectivity index (χ0v) is 14.1. The van der Waals surface area contributed by atoms with E-state index >= 15 is 0 Å². The average molecular weight is 351 g/mol. The van der Waals surface area contributed by atoms with Crippen LogP contribution in [0.3, 0.4) is 0 Å². The minimum atomic E-state index is -2.82. The summed E-state index contributed by atoms with van der Waals surface area (Å²) in [4.78, 5) is 13.1. The van der Waals surface area contributed by atoms with Crippen molar-refractivity contribution in [2.75, 3.05) is 6.54 Å². The van der Waals surface area contributed by atoms with E-state index < -0.39 is 6.61 Å². The third kappa shape index (κ3) is 6.20. The third-order valence-corrected chi connectivity index (χ3v) is 4.40. The van der Waals surface area contributed by atoms with E-state index in [1.54, 1.807) is 12.1 Å². The van der Waals surface area contributed by atoms with Crippen LogP contribution in [0.25, 0.3) is 0 Å². The molecule has 24 heavy (non-hydrogen) atoms. The molecule has 1 amide bonds. The first-order valence-corrected chi connectivity index (χ1v) is 8.46. The smallest absolute Gasteiger partial charge is 0.387 e. The van der Waals surface area contributed by atoms with Crippen molar-refractivity contribution in [1.29, 1.82) is 0 Å². The van der Waals surface area contributed by atoms with Gasteiger partial charge in [-0.05, 0) is 43.2 Å². The summed E-state index contributed by atoms with van der Waals surface area (Å²) in [5.41, 5.74) is 0.945. The van der Waals surface area contributed by atoms with Crippen LogP contribution in [0.15, 0.2) is 59.5 Å². The minimum Gasteiger partial charge on any atom is -0.435 e. The molecule has 1 atom stereocenters. The first-order valence-electron chi connectivity index (χ1n) is 7.58. The van der Waals surface area contributed by atoms with Gasteiger partial charge in [-0.1, -0.05) is 30.3 Å². The van der Waals surface area contributed by atoms with Gasteiger partial charge in [0.1, 0.15) is 5.75 Å². The van der Waals surface area contributed by atoms with E-state index in [1.807, 2.05) is 37.3 Å². The van der Waals surface area contributed by atoms with Gasteiger partial charge in [-0.3, -0.25) is 4.79 Å². The van der Waals surface area contributed by atoms with Crippen LogP contribution < -0.4 is 10.1 Å². The molecule has 0 heterocycles. The summed E-state index contributed by atoms with van der Waals surface area (Å²) in [5, 5.41) is 2.70. The summed E-state index contributed by atoms with van der Waals surface area (Å²) in [6.07, 6.45) is 0.628. The Balaban J connectivity index is 1.73. The summed E-state index contributed by atoms with van der Waals surface area (Å²) in [7, 11) is 0. The zero-order chi connectivity index (χ0) is 17.4. The van der Waals surface area contributed by atoms with Gasteiger partial charge >= 0.3 is 6.61 Å². The van der Waals surface area contributed by atoms with Gasteiger partial charge in [-0.2, -0.15) is 8.78 Å². The molecular formula is C18H19F2NO2S. The van der Waals surface area contributed by atoms with Gasteiger partial charge < -0.3 is 10.1 Å². The topological polar surface area (TPSA) is 38.3 Å². The van der Waals surface area contributed by atoms with Crippen molar-refractivity contribution in [2.24, 2.45) is 0 Å². The van der Waals surface area contributed by atoms with Gasteiger partial charge in [0.25, 0.3) is 0 Å². The molecule has 0 bridgehead atoms. The van der Waals surface area contributed by atoms with Gasteiger partial charge in [0.2, 0.25) is 5.91 Å². The molecule has 2 aromatic carbocycles. The second-order valence-corrected chi connectivity index (χ2v) is 6.55. The average Bonchev–Trinajstić information content (AvgIpc) is 2.56. The van der Waals surface area contributed by atoms with Gasteiger partial charge in [-0.25, -0.2) is 0 Å². The summed E-state index contributed by atoms with van der Waals surface area (Å²) in [6, 6.07) is 16.2. The molecule has 128 valence electrons. The van der Waals surface area contributed by atoms with Crippen LogP contribution in [0, 0.1) is 0 Å². The summed E-state index contributed by atoms with van der Waals surface area (Å²) >= 11 is 1.51. The highest BCUT2D eigenvalue weighted by Crippen LogP contribution is 2.22. The van der Waals surface area contributed by atoms with Crippen molar-refractivity contribution in [2.45, 2.75) is 30.1 Å². The van der Waals surface area contributed by atoms with Crippen molar-refractivity contribution in [1.82, 2.24) is 5.32 Å². The van der Waals surface area contributed by atoms with Gasteiger partial charge in [0.05, 0.1) is 5.25 Å². The number of nitrogens with one attached hydrogen (secondary N) is 1. The Kier molecular flexibility index (Phi) is 7.06. The van der Waals surface area contributed by atoms with Gasteiger partial charge in [0.15, 0.2) is 0 Å². The van der Waals surface area contributed by atoms with Crippen molar-refractivity contribution in [3.8, 4) is 5.75 Å². The number of carbonyl (C=O) groups excluding carboxylic acids is 1. The normalized spacial score (nSPS) is 12.0. The second kappa shape index (κ2) is 9.27. The standard InChI is InChI=1S/C18H19F2NO2S/c1-13(24-16-5-3-2-4-6-16)17(22)21-12-11-14-7-9-15(10-8-14)23-18(19)20/h2-10,13,18H,11-12H2,1H3,(H,21,22). The van der Waals surface area contributed by atoms with Crippen molar-refractivity contribution >= 4 is 17.7 Å². The molecule has 2 rings (SSSR count). The van der Waals surface area contributed by atoms with Crippen LogP contribution in [-0.4, -0.2) is 24.3 Å². The number of amides is 1. The number of rotatable bonds is 8. The third-order valence-electron chi connectivity index (χ3n) is 3.29. The molecule has 0 aliphatic carbocycles.